The highest BCUT2D eigenvalue weighted by atomic mass is 16.3. The zero-order chi connectivity index (χ0) is 13.0. The Morgan fingerprint density at radius 1 is 1.39 bits per heavy atom. The zero-order valence-electron chi connectivity index (χ0n) is 11.3. The van der Waals surface area contributed by atoms with E-state index >= 15 is 0 Å². The van der Waals surface area contributed by atoms with Crippen molar-refractivity contribution in [2.75, 3.05) is 26.7 Å². The molecule has 1 aromatic heterocycles. The minimum Gasteiger partial charge on any atom is -0.396 e. The number of rotatable bonds is 4. The lowest BCUT2D eigenvalue weighted by molar-refractivity contribution is 0.0346. The third-order valence-corrected chi connectivity index (χ3v) is 3.84. The normalized spacial score (nSPS) is 26.4. The summed E-state index contributed by atoms with van der Waals surface area (Å²) >= 11 is 0. The van der Waals surface area contributed by atoms with E-state index in [0.29, 0.717) is 12.1 Å². The molecule has 0 radical (unpaired) electrons. The lowest BCUT2D eigenvalue weighted by Gasteiger charge is -2.43. The molecule has 4 nitrogen and oxygen atoms in total. The van der Waals surface area contributed by atoms with E-state index in [1.807, 2.05) is 18.3 Å². The van der Waals surface area contributed by atoms with Gasteiger partial charge >= 0.3 is 0 Å². The minimum absolute atomic E-state index is 0.263. The quantitative estimate of drug-likeness (QED) is 0.863. The number of piperazine rings is 1. The molecule has 0 aliphatic carbocycles. The van der Waals surface area contributed by atoms with Crippen molar-refractivity contribution in [2.45, 2.75) is 32.0 Å². The maximum absolute atomic E-state index is 9.14. The van der Waals surface area contributed by atoms with Gasteiger partial charge in [0.2, 0.25) is 0 Å². The van der Waals surface area contributed by atoms with Crippen LogP contribution in [-0.4, -0.2) is 58.7 Å². The summed E-state index contributed by atoms with van der Waals surface area (Å²) in [5.41, 5.74) is 1.12. The van der Waals surface area contributed by atoms with Crippen LogP contribution in [0.3, 0.4) is 0 Å². The molecule has 18 heavy (non-hydrogen) atoms. The van der Waals surface area contributed by atoms with E-state index in [-0.39, 0.29) is 6.61 Å². The number of aliphatic hydroxyl groups excluding tert-OH is 1. The molecule has 2 unspecified atom stereocenters. The largest absolute Gasteiger partial charge is 0.396 e. The van der Waals surface area contributed by atoms with Crippen molar-refractivity contribution < 1.29 is 5.11 Å². The molecule has 2 rings (SSSR count). The van der Waals surface area contributed by atoms with Gasteiger partial charge < -0.3 is 5.11 Å². The number of aromatic nitrogens is 1. The number of pyridine rings is 1. The average molecular weight is 249 g/mol. The van der Waals surface area contributed by atoms with Gasteiger partial charge in [0.05, 0.1) is 5.69 Å². The molecule has 0 amide bonds. The fraction of sp³-hybridized carbons (Fsp3) is 0.643. The Morgan fingerprint density at radius 3 is 2.89 bits per heavy atom. The van der Waals surface area contributed by atoms with E-state index in [0.717, 1.165) is 31.7 Å². The number of likely N-dealkylation sites (N-methyl/N-ethyl adjacent to an activating group) is 1. The van der Waals surface area contributed by atoms with Crippen LogP contribution >= 0.6 is 0 Å². The fourth-order valence-electron chi connectivity index (χ4n) is 2.66. The predicted molar refractivity (Wildman–Crippen MR) is 72.2 cm³/mol. The van der Waals surface area contributed by atoms with E-state index in [4.69, 9.17) is 5.11 Å². The van der Waals surface area contributed by atoms with Crippen molar-refractivity contribution in [3.63, 3.8) is 0 Å². The van der Waals surface area contributed by atoms with Gasteiger partial charge in [-0.05, 0) is 32.5 Å². The standard InChI is InChI=1S/C14H23N3O/c1-12-9-17(10-13-5-3-4-7-15-13)11-14(6-8-18)16(12)2/h3-5,7,12,14,18H,6,8-11H2,1-2H3. The molecular weight excluding hydrogens is 226 g/mol. The van der Waals surface area contributed by atoms with Gasteiger partial charge in [-0.3, -0.25) is 14.8 Å². The van der Waals surface area contributed by atoms with Crippen molar-refractivity contribution in [1.29, 1.82) is 0 Å². The van der Waals surface area contributed by atoms with Crippen molar-refractivity contribution >= 4 is 0 Å². The molecular formula is C14H23N3O. The fourth-order valence-corrected chi connectivity index (χ4v) is 2.66. The Morgan fingerprint density at radius 2 is 2.22 bits per heavy atom. The van der Waals surface area contributed by atoms with Crippen LogP contribution < -0.4 is 0 Å². The van der Waals surface area contributed by atoms with Crippen molar-refractivity contribution in [2.24, 2.45) is 0 Å². The molecule has 1 saturated heterocycles. The molecule has 100 valence electrons. The van der Waals surface area contributed by atoms with Gasteiger partial charge in [-0.1, -0.05) is 6.07 Å². The van der Waals surface area contributed by atoms with Crippen LogP contribution in [0, 0.1) is 0 Å². The Balaban J connectivity index is 1.97. The molecule has 0 bridgehead atoms. The van der Waals surface area contributed by atoms with E-state index in [9.17, 15) is 0 Å². The minimum atomic E-state index is 0.263. The molecule has 4 heteroatoms. The van der Waals surface area contributed by atoms with Gasteiger partial charge in [0.1, 0.15) is 0 Å². The average Bonchev–Trinajstić information content (AvgIpc) is 2.37. The summed E-state index contributed by atoms with van der Waals surface area (Å²) in [4.78, 5) is 9.20. The second-order valence-electron chi connectivity index (χ2n) is 5.20. The lowest BCUT2D eigenvalue weighted by atomic mass is 10.1. The van der Waals surface area contributed by atoms with E-state index in [1.165, 1.54) is 0 Å². The van der Waals surface area contributed by atoms with Crippen LogP contribution in [0.25, 0.3) is 0 Å². The first-order valence-electron chi connectivity index (χ1n) is 6.65. The second-order valence-corrected chi connectivity index (χ2v) is 5.20. The third-order valence-electron chi connectivity index (χ3n) is 3.84. The predicted octanol–water partition coefficient (Wildman–Crippen LogP) is 0.968. The summed E-state index contributed by atoms with van der Waals surface area (Å²) in [5, 5.41) is 9.14. The molecule has 1 fully saturated rings. The summed E-state index contributed by atoms with van der Waals surface area (Å²) < 4.78 is 0. The van der Waals surface area contributed by atoms with Crippen molar-refractivity contribution in [3.8, 4) is 0 Å². The number of hydrogen-bond acceptors (Lipinski definition) is 4. The van der Waals surface area contributed by atoms with Crippen LogP contribution in [0.5, 0.6) is 0 Å². The zero-order valence-corrected chi connectivity index (χ0v) is 11.3. The molecule has 1 N–H and O–H groups in total. The number of aliphatic hydroxyl groups is 1. The van der Waals surface area contributed by atoms with Gasteiger partial charge in [-0.15, -0.1) is 0 Å². The summed E-state index contributed by atoms with van der Waals surface area (Å²) in [6, 6.07) is 7.03. The molecule has 2 atom stereocenters. The maximum Gasteiger partial charge on any atom is 0.0543 e. The first-order valence-corrected chi connectivity index (χ1v) is 6.65. The Labute approximate surface area is 109 Å². The summed E-state index contributed by atoms with van der Waals surface area (Å²) in [6.07, 6.45) is 2.69. The molecule has 0 saturated carbocycles. The molecule has 0 spiro atoms. The molecule has 1 aliphatic heterocycles. The van der Waals surface area contributed by atoms with Gasteiger partial charge in [-0.25, -0.2) is 0 Å². The van der Waals surface area contributed by atoms with Gasteiger partial charge in [0.15, 0.2) is 0 Å². The van der Waals surface area contributed by atoms with E-state index in [1.54, 1.807) is 0 Å². The van der Waals surface area contributed by atoms with Crippen molar-refractivity contribution in [3.05, 3.63) is 30.1 Å². The SMILES string of the molecule is CC1CN(Cc2ccccn2)CC(CCO)N1C. The molecule has 1 aliphatic rings. The summed E-state index contributed by atoms with van der Waals surface area (Å²) in [6.45, 7) is 5.49. The molecule has 0 aromatic carbocycles. The van der Waals surface area contributed by atoms with Crippen LogP contribution in [0.2, 0.25) is 0 Å². The lowest BCUT2D eigenvalue weighted by Crippen LogP contribution is -2.55. The number of nitrogens with zero attached hydrogens (tertiary/aromatic N) is 3. The van der Waals surface area contributed by atoms with Gasteiger partial charge in [0.25, 0.3) is 0 Å². The van der Waals surface area contributed by atoms with Crippen molar-refractivity contribution in [1.82, 2.24) is 14.8 Å². The van der Waals surface area contributed by atoms with E-state index in [2.05, 4.69) is 34.8 Å². The highest BCUT2D eigenvalue weighted by molar-refractivity contribution is 5.04. The Bertz CT molecular complexity index is 357. The van der Waals surface area contributed by atoms with Crippen LogP contribution in [0.15, 0.2) is 24.4 Å². The number of hydrogen-bond donors (Lipinski definition) is 1. The Kier molecular flexibility index (Phi) is 4.69. The topological polar surface area (TPSA) is 39.6 Å². The van der Waals surface area contributed by atoms with Crippen LogP contribution in [0.1, 0.15) is 19.0 Å². The van der Waals surface area contributed by atoms with Crippen LogP contribution in [-0.2, 0) is 6.54 Å². The first-order chi connectivity index (χ1) is 8.70. The van der Waals surface area contributed by atoms with E-state index < -0.39 is 0 Å². The van der Waals surface area contributed by atoms with Gasteiger partial charge in [-0.2, -0.15) is 0 Å². The highest BCUT2D eigenvalue weighted by Crippen LogP contribution is 2.17. The second kappa shape index (κ2) is 6.27. The first kappa shape index (κ1) is 13.5. The smallest absolute Gasteiger partial charge is 0.0543 e. The highest BCUT2D eigenvalue weighted by Gasteiger charge is 2.28. The third kappa shape index (κ3) is 3.28. The molecule has 1 aromatic rings. The Hall–Kier alpha value is -0.970. The maximum atomic E-state index is 9.14. The summed E-state index contributed by atoms with van der Waals surface area (Å²) in [5.74, 6) is 0. The monoisotopic (exact) mass is 249 g/mol. The summed E-state index contributed by atoms with van der Waals surface area (Å²) in [7, 11) is 2.16. The van der Waals surface area contributed by atoms with Gasteiger partial charge in [0, 0.05) is 44.5 Å². The molecule has 2 heterocycles. The van der Waals surface area contributed by atoms with Crippen LogP contribution in [0.4, 0.5) is 0 Å².